The number of nitrogens with one attached hydrogen (secondary N) is 2. The number of benzene rings is 1. The monoisotopic (exact) mass is 265 g/mol. The number of nitrogens with zero attached hydrogens (tertiary/aromatic N) is 2. The topological polar surface area (TPSA) is 75.9 Å². The van der Waals surface area contributed by atoms with Gasteiger partial charge >= 0.3 is 0 Å². The molecule has 0 atom stereocenters. The lowest BCUT2D eigenvalue weighted by Crippen LogP contribution is -2.12. The summed E-state index contributed by atoms with van der Waals surface area (Å²) >= 11 is 0. The fourth-order valence-corrected chi connectivity index (χ4v) is 1.59. The summed E-state index contributed by atoms with van der Waals surface area (Å²) in [6, 6.07) is 2.21. The predicted octanol–water partition coefficient (Wildman–Crippen LogP) is 2.40. The van der Waals surface area contributed by atoms with Crippen molar-refractivity contribution >= 4 is 17.3 Å². The van der Waals surface area contributed by atoms with E-state index < -0.39 is 11.6 Å². The van der Waals surface area contributed by atoms with Gasteiger partial charge in [0.1, 0.15) is 29.6 Å². The van der Waals surface area contributed by atoms with Gasteiger partial charge in [0.2, 0.25) is 0 Å². The first kappa shape index (κ1) is 13.2. The van der Waals surface area contributed by atoms with E-state index in [9.17, 15) is 8.78 Å². The van der Waals surface area contributed by atoms with Crippen molar-refractivity contribution in [2.75, 3.05) is 10.7 Å². The van der Waals surface area contributed by atoms with Gasteiger partial charge in [-0.25, -0.2) is 24.6 Å². The molecule has 1 aromatic carbocycles. The molecule has 2 rings (SSSR count). The van der Waals surface area contributed by atoms with Gasteiger partial charge < -0.3 is 10.7 Å². The van der Waals surface area contributed by atoms with Gasteiger partial charge in [-0.1, -0.05) is 0 Å². The summed E-state index contributed by atoms with van der Waals surface area (Å²) in [6.07, 6.45) is 1.27. The molecular formula is C12H13F2N5. The Bertz CT molecular complexity index is 615. The van der Waals surface area contributed by atoms with Crippen LogP contribution in [0.25, 0.3) is 0 Å². The molecule has 0 aliphatic carbocycles. The third-order valence-corrected chi connectivity index (χ3v) is 2.72. The predicted molar refractivity (Wildman–Crippen MR) is 69.0 cm³/mol. The van der Waals surface area contributed by atoms with Crippen molar-refractivity contribution in [1.82, 2.24) is 9.97 Å². The molecule has 0 unspecified atom stereocenters. The van der Waals surface area contributed by atoms with Crippen LogP contribution in [-0.4, -0.2) is 9.97 Å². The first-order chi connectivity index (χ1) is 9.02. The van der Waals surface area contributed by atoms with Crippen LogP contribution in [0.5, 0.6) is 0 Å². The van der Waals surface area contributed by atoms with Gasteiger partial charge in [-0.05, 0) is 25.5 Å². The highest BCUT2D eigenvalue weighted by Crippen LogP contribution is 2.25. The van der Waals surface area contributed by atoms with Gasteiger partial charge in [0.25, 0.3) is 0 Å². The standard InChI is InChI=1S/C12H13F2N5/c1-6-3-9(14)10(4-8(6)13)18-11-7(2)12(19-15)17-5-16-11/h3-5H,15H2,1-2H3,(H2,16,17,18,19). The number of hydrazine groups is 1. The molecule has 0 aliphatic heterocycles. The maximum atomic E-state index is 13.7. The van der Waals surface area contributed by atoms with Crippen LogP contribution < -0.4 is 16.6 Å². The highest BCUT2D eigenvalue weighted by molar-refractivity contribution is 5.64. The highest BCUT2D eigenvalue weighted by atomic mass is 19.1. The summed E-state index contributed by atoms with van der Waals surface area (Å²) in [5, 5.41) is 2.72. The Morgan fingerprint density at radius 3 is 2.42 bits per heavy atom. The van der Waals surface area contributed by atoms with E-state index >= 15 is 0 Å². The van der Waals surface area contributed by atoms with Gasteiger partial charge in [-0.3, -0.25) is 0 Å². The molecule has 100 valence electrons. The van der Waals surface area contributed by atoms with Crippen LogP contribution in [0.1, 0.15) is 11.1 Å². The second-order valence-electron chi connectivity index (χ2n) is 4.05. The summed E-state index contributed by atoms with van der Waals surface area (Å²) in [5.41, 5.74) is 3.25. The minimum atomic E-state index is -0.556. The lowest BCUT2D eigenvalue weighted by molar-refractivity contribution is 0.595. The zero-order valence-electron chi connectivity index (χ0n) is 10.5. The van der Waals surface area contributed by atoms with Gasteiger partial charge in [0.15, 0.2) is 0 Å². The Balaban J connectivity index is 2.39. The Labute approximate surface area is 108 Å². The summed E-state index contributed by atoms with van der Waals surface area (Å²) in [6.45, 7) is 3.20. The number of aromatic nitrogens is 2. The number of hydrogen-bond acceptors (Lipinski definition) is 5. The smallest absolute Gasteiger partial charge is 0.148 e. The number of anilines is 3. The molecule has 0 spiro atoms. The third-order valence-electron chi connectivity index (χ3n) is 2.72. The number of aryl methyl sites for hydroxylation is 1. The van der Waals surface area contributed by atoms with E-state index in [-0.39, 0.29) is 11.3 Å². The van der Waals surface area contributed by atoms with Crippen molar-refractivity contribution in [1.29, 1.82) is 0 Å². The van der Waals surface area contributed by atoms with E-state index in [0.717, 1.165) is 12.1 Å². The van der Waals surface area contributed by atoms with Crippen molar-refractivity contribution in [3.05, 3.63) is 41.2 Å². The minimum absolute atomic E-state index is 0.00729. The van der Waals surface area contributed by atoms with E-state index in [4.69, 9.17) is 5.84 Å². The highest BCUT2D eigenvalue weighted by Gasteiger charge is 2.11. The van der Waals surface area contributed by atoms with E-state index in [2.05, 4.69) is 20.7 Å². The second kappa shape index (κ2) is 5.15. The molecule has 19 heavy (non-hydrogen) atoms. The zero-order chi connectivity index (χ0) is 14.0. The van der Waals surface area contributed by atoms with Crippen LogP contribution in [-0.2, 0) is 0 Å². The Kier molecular flexibility index (Phi) is 3.57. The third kappa shape index (κ3) is 2.60. The van der Waals surface area contributed by atoms with Crippen molar-refractivity contribution in [2.45, 2.75) is 13.8 Å². The SMILES string of the molecule is Cc1cc(F)c(Nc2ncnc(NN)c2C)cc1F. The average molecular weight is 265 g/mol. The maximum Gasteiger partial charge on any atom is 0.148 e. The lowest BCUT2D eigenvalue weighted by atomic mass is 10.2. The molecule has 1 heterocycles. The second-order valence-corrected chi connectivity index (χ2v) is 4.05. The fourth-order valence-electron chi connectivity index (χ4n) is 1.59. The molecule has 1 aromatic heterocycles. The van der Waals surface area contributed by atoms with Crippen molar-refractivity contribution in [3.8, 4) is 0 Å². The Morgan fingerprint density at radius 2 is 1.74 bits per heavy atom. The molecule has 0 fully saturated rings. The van der Waals surface area contributed by atoms with Crippen LogP contribution in [0.3, 0.4) is 0 Å². The molecule has 0 radical (unpaired) electrons. The van der Waals surface area contributed by atoms with E-state index in [0.29, 0.717) is 17.2 Å². The molecule has 7 heteroatoms. The minimum Gasteiger partial charge on any atom is -0.337 e. The first-order valence-corrected chi connectivity index (χ1v) is 5.53. The maximum absolute atomic E-state index is 13.7. The Morgan fingerprint density at radius 1 is 1.05 bits per heavy atom. The molecule has 0 saturated carbocycles. The van der Waals surface area contributed by atoms with E-state index in [1.54, 1.807) is 6.92 Å². The van der Waals surface area contributed by atoms with E-state index in [1.807, 2.05) is 0 Å². The number of halogens is 2. The number of hydrogen-bond donors (Lipinski definition) is 3. The van der Waals surface area contributed by atoms with Crippen LogP contribution >= 0.6 is 0 Å². The first-order valence-electron chi connectivity index (χ1n) is 5.53. The van der Waals surface area contributed by atoms with Crippen molar-refractivity contribution < 1.29 is 8.78 Å². The van der Waals surface area contributed by atoms with E-state index in [1.165, 1.54) is 13.3 Å². The number of rotatable bonds is 3. The summed E-state index contributed by atoms with van der Waals surface area (Å²) < 4.78 is 27.2. The molecule has 0 bridgehead atoms. The van der Waals surface area contributed by atoms with Crippen molar-refractivity contribution in [3.63, 3.8) is 0 Å². The van der Waals surface area contributed by atoms with Gasteiger partial charge in [0, 0.05) is 11.6 Å². The molecule has 5 nitrogen and oxygen atoms in total. The molecular weight excluding hydrogens is 252 g/mol. The lowest BCUT2D eigenvalue weighted by Gasteiger charge is -2.12. The van der Waals surface area contributed by atoms with Gasteiger partial charge in [-0.15, -0.1) is 0 Å². The number of nitrogen functional groups attached to an aromatic ring is 1. The van der Waals surface area contributed by atoms with Crippen LogP contribution in [0.2, 0.25) is 0 Å². The van der Waals surface area contributed by atoms with Crippen molar-refractivity contribution in [2.24, 2.45) is 5.84 Å². The molecule has 0 amide bonds. The summed E-state index contributed by atoms with van der Waals surface area (Å²) in [4.78, 5) is 7.87. The van der Waals surface area contributed by atoms with Gasteiger partial charge in [-0.2, -0.15) is 0 Å². The quantitative estimate of drug-likeness (QED) is 0.587. The van der Waals surface area contributed by atoms with Gasteiger partial charge in [0.05, 0.1) is 5.69 Å². The molecule has 4 N–H and O–H groups in total. The number of nitrogens with two attached hydrogens (primary N) is 1. The molecule has 2 aromatic rings. The van der Waals surface area contributed by atoms with Crippen LogP contribution in [0.15, 0.2) is 18.5 Å². The Hall–Kier alpha value is -2.28. The summed E-state index contributed by atoms with van der Waals surface area (Å²) in [5.74, 6) is 5.00. The normalized spacial score (nSPS) is 10.4. The fraction of sp³-hybridized carbons (Fsp3) is 0.167. The molecule has 0 aliphatic rings. The van der Waals surface area contributed by atoms with Crippen LogP contribution in [0.4, 0.5) is 26.1 Å². The van der Waals surface area contributed by atoms with Crippen LogP contribution in [0, 0.1) is 25.5 Å². The summed E-state index contributed by atoms with van der Waals surface area (Å²) in [7, 11) is 0. The average Bonchev–Trinajstić information content (AvgIpc) is 2.38. The zero-order valence-corrected chi connectivity index (χ0v) is 10.5. The molecule has 0 saturated heterocycles. The largest absolute Gasteiger partial charge is 0.337 e.